The Labute approximate surface area is 232 Å². The lowest BCUT2D eigenvalue weighted by Gasteiger charge is -2.19. The summed E-state index contributed by atoms with van der Waals surface area (Å²) in [4.78, 5) is 34.4. The van der Waals surface area contributed by atoms with Gasteiger partial charge < -0.3 is 15.2 Å². The average Bonchev–Trinajstić information content (AvgIpc) is 3.47. The van der Waals surface area contributed by atoms with Crippen molar-refractivity contribution in [2.45, 2.75) is 26.2 Å². The first-order chi connectivity index (χ1) is 19.8. The zero-order chi connectivity index (χ0) is 28.6. The van der Waals surface area contributed by atoms with Crippen LogP contribution >= 0.6 is 0 Å². The maximum atomic E-state index is 13.1. The minimum absolute atomic E-state index is 0.326. The molecule has 3 aliphatic heterocycles. The van der Waals surface area contributed by atoms with Gasteiger partial charge in [0.05, 0.1) is 12.1 Å². The van der Waals surface area contributed by atoms with Gasteiger partial charge in [-0.05, 0) is 60.0 Å². The molecule has 9 nitrogen and oxygen atoms in total. The molecule has 0 atom stereocenters. The van der Waals surface area contributed by atoms with Gasteiger partial charge in [-0.1, -0.05) is 12.1 Å². The lowest BCUT2D eigenvalue weighted by Crippen LogP contribution is -2.18. The van der Waals surface area contributed by atoms with E-state index >= 15 is 0 Å². The van der Waals surface area contributed by atoms with Crippen molar-refractivity contribution in [3.8, 4) is 22.5 Å². The smallest absolute Gasteiger partial charge is 0.369 e. The number of hydrogen-bond acceptors (Lipinski definition) is 7. The van der Waals surface area contributed by atoms with Crippen LogP contribution in [0, 0.1) is 6.92 Å². The molecule has 0 bridgehead atoms. The van der Waals surface area contributed by atoms with E-state index in [0.29, 0.717) is 30.9 Å². The van der Waals surface area contributed by atoms with Crippen molar-refractivity contribution < 1.29 is 18.0 Å². The third kappa shape index (κ3) is 5.36. The number of amides is 1. The van der Waals surface area contributed by atoms with Crippen LogP contribution < -0.4 is 16.3 Å². The first-order valence-corrected chi connectivity index (χ1v) is 12.8. The van der Waals surface area contributed by atoms with Crippen molar-refractivity contribution in [1.29, 1.82) is 0 Å². The molecule has 0 saturated heterocycles. The molecule has 3 aromatic rings. The SMILES string of the molecule is Cc1ccc(NC(=O)c2cc(C(F)(F)F)ccn2)cc1-c1cc2cnc(=NCc3cccnc3)nc-2n2c1NCC2. The molecular weight excluding hydrogens is 533 g/mol. The van der Waals surface area contributed by atoms with Gasteiger partial charge >= 0.3 is 6.18 Å². The number of anilines is 2. The highest BCUT2D eigenvalue weighted by molar-refractivity contribution is 6.03. The topological polar surface area (TPSA) is 110 Å². The molecule has 2 N–H and O–H groups in total. The Balaban J connectivity index is 1.34. The second kappa shape index (κ2) is 10.5. The number of rotatable bonds is 5. The molecule has 2 aromatic heterocycles. The van der Waals surface area contributed by atoms with Gasteiger partial charge in [0.2, 0.25) is 5.62 Å². The monoisotopic (exact) mass is 556 g/mol. The van der Waals surface area contributed by atoms with Crippen molar-refractivity contribution in [3.05, 3.63) is 101 Å². The number of benzene rings is 1. The summed E-state index contributed by atoms with van der Waals surface area (Å²) in [5.41, 5.74) is 3.97. The summed E-state index contributed by atoms with van der Waals surface area (Å²) in [6.07, 6.45) is 1.59. The van der Waals surface area contributed by atoms with Crippen LogP contribution in [0.25, 0.3) is 22.5 Å². The van der Waals surface area contributed by atoms with E-state index in [9.17, 15) is 18.0 Å². The van der Waals surface area contributed by atoms with E-state index in [1.165, 1.54) is 0 Å². The van der Waals surface area contributed by atoms with Gasteiger partial charge in [-0.15, -0.1) is 0 Å². The second-order valence-electron chi connectivity index (χ2n) is 9.52. The van der Waals surface area contributed by atoms with E-state index in [1.807, 2.05) is 31.2 Å². The fourth-order valence-electron chi connectivity index (χ4n) is 4.71. The summed E-state index contributed by atoms with van der Waals surface area (Å²) < 4.78 is 41.4. The maximum absolute atomic E-state index is 13.1. The number of carbonyl (C=O) groups excluding carboxylic acids is 1. The van der Waals surface area contributed by atoms with E-state index in [-0.39, 0.29) is 5.69 Å². The highest BCUT2D eigenvalue weighted by atomic mass is 19.4. The van der Waals surface area contributed by atoms with Crippen LogP contribution in [0.4, 0.5) is 24.7 Å². The third-order valence-electron chi connectivity index (χ3n) is 6.72. The van der Waals surface area contributed by atoms with Gasteiger partial charge in [-0.3, -0.25) is 14.8 Å². The number of pyridine rings is 3. The Bertz CT molecular complexity index is 1800. The Hall–Kier alpha value is -5.13. The fourth-order valence-corrected chi connectivity index (χ4v) is 4.71. The minimum atomic E-state index is -4.58. The number of carbonyl (C=O) groups is 1. The van der Waals surface area contributed by atoms with Gasteiger partial charge in [0.25, 0.3) is 5.91 Å². The quantitative estimate of drug-likeness (QED) is 0.317. The molecule has 0 radical (unpaired) electrons. The molecule has 0 unspecified atom stereocenters. The van der Waals surface area contributed by atoms with E-state index in [0.717, 1.165) is 57.8 Å². The van der Waals surface area contributed by atoms with Crippen molar-refractivity contribution in [3.63, 3.8) is 0 Å². The molecule has 41 heavy (non-hydrogen) atoms. The number of aromatic nitrogens is 5. The highest BCUT2D eigenvalue weighted by Gasteiger charge is 2.31. The van der Waals surface area contributed by atoms with Gasteiger partial charge in [0, 0.05) is 54.7 Å². The Morgan fingerprint density at radius 3 is 2.76 bits per heavy atom. The first kappa shape index (κ1) is 26.1. The maximum Gasteiger partial charge on any atom is 0.416 e. The lowest BCUT2D eigenvalue weighted by atomic mass is 9.98. The Kier molecular flexibility index (Phi) is 6.66. The van der Waals surface area contributed by atoms with Crippen LogP contribution in [0.5, 0.6) is 0 Å². The summed E-state index contributed by atoms with van der Waals surface area (Å²) in [6, 6.07) is 12.7. The van der Waals surface area contributed by atoms with Crippen LogP contribution in [0.2, 0.25) is 0 Å². The molecule has 0 fully saturated rings. The predicted octanol–water partition coefficient (Wildman–Crippen LogP) is 4.95. The average molecular weight is 557 g/mol. The molecule has 206 valence electrons. The molecule has 3 aliphatic rings. The summed E-state index contributed by atoms with van der Waals surface area (Å²) in [5, 5.41) is 6.11. The second-order valence-corrected chi connectivity index (χ2v) is 9.52. The van der Waals surface area contributed by atoms with Crippen LogP contribution in [0.1, 0.15) is 27.2 Å². The standard InChI is InChI=1S/C29H23F3N8O/c1-17-4-5-21(38-27(41)24-12-20(6-8-34-24)29(30,31)32)13-22(17)23-11-19-16-37-28(36-15-18-3-2-7-33-14-18)39-25(19)40-10-9-35-26(23)40/h2-8,11-14,16,35H,9-10,15H2,1H3,(H,38,41). The number of fused-ring (bicyclic) bond motifs is 3. The molecular formula is C29H23F3N8O. The summed E-state index contributed by atoms with van der Waals surface area (Å²) >= 11 is 0. The van der Waals surface area contributed by atoms with E-state index < -0.39 is 17.6 Å². The van der Waals surface area contributed by atoms with Gasteiger partial charge in [-0.2, -0.15) is 18.2 Å². The fraction of sp³-hybridized carbons (Fsp3) is 0.172. The predicted molar refractivity (Wildman–Crippen MR) is 146 cm³/mol. The van der Waals surface area contributed by atoms with Crippen LogP contribution in [0.3, 0.4) is 0 Å². The van der Waals surface area contributed by atoms with Crippen LogP contribution in [-0.4, -0.2) is 37.0 Å². The van der Waals surface area contributed by atoms with Crippen molar-refractivity contribution in [2.75, 3.05) is 17.2 Å². The molecule has 1 aromatic carbocycles. The number of hydrogen-bond donors (Lipinski definition) is 2. The Morgan fingerprint density at radius 1 is 1.07 bits per heavy atom. The Morgan fingerprint density at radius 2 is 1.95 bits per heavy atom. The molecule has 0 aliphatic carbocycles. The number of halogens is 3. The normalized spacial score (nSPS) is 13.2. The molecule has 12 heteroatoms. The number of alkyl halides is 3. The van der Waals surface area contributed by atoms with Crippen molar-refractivity contribution in [1.82, 2.24) is 24.5 Å². The highest BCUT2D eigenvalue weighted by Crippen LogP contribution is 2.39. The number of nitrogens with one attached hydrogen (secondary N) is 2. The zero-order valence-electron chi connectivity index (χ0n) is 21.8. The van der Waals surface area contributed by atoms with E-state index in [4.69, 9.17) is 4.98 Å². The van der Waals surface area contributed by atoms with Gasteiger partial charge in [0.1, 0.15) is 17.3 Å². The van der Waals surface area contributed by atoms with Crippen molar-refractivity contribution in [2.24, 2.45) is 4.99 Å². The first-order valence-electron chi connectivity index (χ1n) is 12.8. The van der Waals surface area contributed by atoms with Gasteiger partial charge in [-0.25, -0.2) is 9.98 Å². The minimum Gasteiger partial charge on any atom is -0.369 e. The number of aryl methyl sites for hydroxylation is 1. The van der Waals surface area contributed by atoms with E-state index in [1.54, 1.807) is 30.7 Å². The number of nitrogens with zero attached hydrogens (tertiary/aromatic N) is 6. The van der Waals surface area contributed by atoms with Gasteiger partial charge in [0.15, 0.2) is 0 Å². The largest absolute Gasteiger partial charge is 0.416 e. The summed E-state index contributed by atoms with van der Waals surface area (Å²) in [6.45, 7) is 3.75. The van der Waals surface area contributed by atoms with Crippen LogP contribution in [-0.2, 0) is 19.3 Å². The van der Waals surface area contributed by atoms with Crippen molar-refractivity contribution >= 4 is 17.4 Å². The third-order valence-corrected chi connectivity index (χ3v) is 6.72. The molecule has 1 amide bonds. The molecule has 0 spiro atoms. The molecule has 6 rings (SSSR count). The molecule has 5 heterocycles. The lowest BCUT2D eigenvalue weighted by molar-refractivity contribution is -0.137. The van der Waals surface area contributed by atoms with Crippen LogP contribution in [0.15, 0.2) is 78.3 Å². The summed E-state index contributed by atoms with van der Waals surface area (Å²) in [5.74, 6) is 0.866. The van der Waals surface area contributed by atoms with E-state index in [2.05, 4.69) is 35.1 Å². The summed E-state index contributed by atoms with van der Waals surface area (Å²) in [7, 11) is 0. The zero-order valence-corrected chi connectivity index (χ0v) is 21.8. The molecule has 0 saturated carbocycles.